The molecule has 0 aliphatic carbocycles. The number of carboxylic acid groups (broad SMARTS) is 1. The Hall–Kier alpha value is -2.34. The first-order valence-electron chi connectivity index (χ1n) is 5.78. The fourth-order valence-electron chi connectivity index (χ4n) is 1.40. The van der Waals surface area contributed by atoms with Crippen LogP contribution in [0.3, 0.4) is 0 Å². The summed E-state index contributed by atoms with van der Waals surface area (Å²) in [7, 11) is 0. The molecule has 0 aromatic heterocycles. The summed E-state index contributed by atoms with van der Waals surface area (Å²) in [5.74, 6) is -0.256. The highest BCUT2D eigenvalue weighted by Crippen LogP contribution is 2.20. The molecule has 0 unspecified atom stereocenters. The van der Waals surface area contributed by atoms with E-state index in [2.05, 4.69) is 10.6 Å². The van der Waals surface area contributed by atoms with Crippen LogP contribution in [-0.2, 0) is 4.79 Å². The van der Waals surface area contributed by atoms with Gasteiger partial charge in [0.25, 0.3) is 0 Å². The van der Waals surface area contributed by atoms with Crippen LogP contribution in [0.2, 0.25) is 0 Å². The first-order chi connectivity index (χ1) is 9.13. The van der Waals surface area contributed by atoms with Gasteiger partial charge in [-0.1, -0.05) is 24.3 Å². The molecule has 6 nitrogen and oxygen atoms in total. The van der Waals surface area contributed by atoms with Crippen LogP contribution in [0.15, 0.2) is 36.4 Å². The number of amides is 2. The van der Waals surface area contributed by atoms with Crippen molar-refractivity contribution in [2.75, 3.05) is 17.2 Å². The fraction of sp³-hybridized carbons (Fsp3) is 0.231. The third-order valence-corrected chi connectivity index (χ3v) is 2.21. The molecule has 4 N–H and O–H groups in total. The van der Waals surface area contributed by atoms with E-state index in [1.54, 1.807) is 36.4 Å². The number of carbonyl (C=O) groups is 2. The normalized spacial score (nSPS) is 10.4. The van der Waals surface area contributed by atoms with Crippen LogP contribution >= 0.6 is 0 Å². The molecule has 0 heterocycles. The minimum atomic E-state index is -1.19. The molecule has 1 aromatic rings. The van der Waals surface area contributed by atoms with Crippen molar-refractivity contribution in [3.05, 3.63) is 36.4 Å². The van der Waals surface area contributed by atoms with Crippen molar-refractivity contribution in [1.82, 2.24) is 0 Å². The summed E-state index contributed by atoms with van der Waals surface area (Å²) < 4.78 is 0. The van der Waals surface area contributed by atoms with Gasteiger partial charge in [0.05, 0.1) is 11.4 Å². The number of anilines is 2. The zero-order chi connectivity index (χ0) is 14.1. The predicted molar refractivity (Wildman–Crippen MR) is 72.2 cm³/mol. The molecule has 0 bridgehead atoms. The van der Waals surface area contributed by atoms with E-state index < -0.39 is 6.09 Å². The van der Waals surface area contributed by atoms with Gasteiger partial charge in [0, 0.05) is 13.0 Å². The Balaban J connectivity index is 2.60. The second-order valence-electron chi connectivity index (χ2n) is 3.71. The number of aliphatic hydroxyl groups is 1. The Bertz CT molecular complexity index is 471. The van der Waals surface area contributed by atoms with Crippen LogP contribution in [0.25, 0.3) is 0 Å². The summed E-state index contributed by atoms with van der Waals surface area (Å²) in [6, 6.07) is 6.54. The van der Waals surface area contributed by atoms with Crippen LogP contribution in [0.1, 0.15) is 12.8 Å². The lowest BCUT2D eigenvalue weighted by Crippen LogP contribution is -2.14. The Morgan fingerprint density at radius 3 is 2.32 bits per heavy atom. The molecule has 19 heavy (non-hydrogen) atoms. The van der Waals surface area contributed by atoms with Crippen molar-refractivity contribution in [3.8, 4) is 0 Å². The third-order valence-electron chi connectivity index (χ3n) is 2.21. The maximum Gasteiger partial charge on any atom is 0.409 e. The quantitative estimate of drug-likeness (QED) is 0.591. The van der Waals surface area contributed by atoms with Crippen molar-refractivity contribution >= 4 is 23.4 Å². The highest BCUT2D eigenvalue weighted by Gasteiger charge is 2.07. The van der Waals surface area contributed by atoms with Crippen LogP contribution in [0.4, 0.5) is 16.2 Å². The smallest absolute Gasteiger partial charge is 0.409 e. The molecule has 0 saturated heterocycles. The minimum Gasteiger partial charge on any atom is -0.465 e. The highest BCUT2D eigenvalue weighted by atomic mass is 16.4. The lowest BCUT2D eigenvalue weighted by Gasteiger charge is -2.09. The first kappa shape index (κ1) is 14.7. The third kappa shape index (κ3) is 5.69. The SMILES string of the molecule is O=C(O)Nc1ccccc1NC(=O)CC=CCCO. The Labute approximate surface area is 110 Å². The molecule has 1 rings (SSSR count). The zero-order valence-electron chi connectivity index (χ0n) is 10.3. The molecule has 0 spiro atoms. The van der Waals surface area contributed by atoms with Crippen LogP contribution in [0, 0.1) is 0 Å². The van der Waals surface area contributed by atoms with Gasteiger partial charge in [-0.2, -0.15) is 0 Å². The lowest BCUT2D eigenvalue weighted by molar-refractivity contribution is -0.115. The average molecular weight is 264 g/mol. The molecule has 0 aliphatic heterocycles. The van der Waals surface area contributed by atoms with E-state index in [-0.39, 0.29) is 18.9 Å². The summed E-state index contributed by atoms with van der Waals surface area (Å²) in [6.07, 6.45) is 2.84. The summed E-state index contributed by atoms with van der Waals surface area (Å²) in [4.78, 5) is 22.2. The van der Waals surface area contributed by atoms with E-state index in [4.69, 9.17) is 10.2 Å². The average Bonchev–Trinajstić information content (AvgIpc) is 2.36. The second kappa shape index (κ2) is 7.88. The molecule has 0 fully saturated rings. The molecule has 6 heteroatoms. The van der Waals surface area contributed by atoms with E-state index in [0.29, 0.717) is 17.8 Å². The van der Waals surface area contributed by atoms with Gasteiger partial charge in [-0.05, 0) is 18.6 Å². The summed E-state index contributed by atoms with van der Waals surface area (Å²) in [5, 5.41) is 22.1. The molecule has 0 aliphatic rings. The van der Waals surface area contributed by atoms with Gasteiger partial charge in [-0.25, -0.2) is 4.79 Å². The number of hydrogen-bond donors (Lipinski definition) is 4. The van der Waals surface area contributed by atoms with E-state index in [1.165, 1.54) is 0 Å². The van der Waals surface area contributed by atoms with Crippen LogP contribution in [-0.4, -0.2) is 28.8 Å². The number of benzene rings is 1. The van der Waals surface area contributed by atoms with Gasteiger partial charge in [0.2, 0.25) is 5.91 Å². The Morgan fingerprint density at radius 1 is 1.11 bits per heavy atom. The Kier molecular flexibility index (Phi) is 6.11. The lowest BCUT2D eigenvalue weighted by atomic mass is 10.2. The maximum absolute atomic E-state index is 11.6. The number of carbonyl (C=O) groups excluding carboxylic acids is 1. The van der Waals surface area contributed by atoms with E-state index in [1.807, 2.05) is 0 Å². The van der Waals surface area contributed by atoms with Gasteiger partial charge in [-0.3, -0.25) is 10.1 Å². The standard InChI is InChI=1S/C13H16N2O4/c16-9-5-1-2-8-12(17)14-10-6-3-4-7-11(10)15-13(18)19/h1-4,6-7,15-16H,5,8-9H2,(H,14,17)(H,18,19). The van der Waals surface area contributed by atoms with Crippen molar-refractivity contribution in [3.63, 3.8) is 0 Å². The zero-order valence-corrected chi connectivity index (χ0v) is 10.3. The number of nitrogens with one attached hydrogen (secondary N) is 2. The van der Waals surface area contributed by atoms with Crippen LogP contribution < -0.4 is 10.6 Å². The molecule has 0 radical (unpaired) electrons. The van der Waals surface area contributed by atoms with Crippen LogP contribution in [0.5, 0.6) is 0 Å². The summed E-state index contributed by atoms with van der Waals surface area (Å²) in [6.45, 7) is 0.0451. The molecular formula is C13H16N2O4. The predicted octanol–water partition coefficient (Wildman–Crippen LogP) is 2.04. The van der Waals surface area contributed by atoms with Crippen molar-refractivity contribution in [2.24, 2.45) is 0 Å². The molecule has 0 atom stereocenters. The molecule has 0 saturated carbocycles. The molecular weight excluding hydrogens is 248 g/mol. The van der Waals surface area contributed by atoms with Crippen molar-refractivity contribution in [1.29, 1.82) is 0 Å². The van der Waals surface area contributed by atoms with E-state index in [0.717, 1.165) is 0 Å². The number of hydrogen-bond acceptors (Lipinski definition) is 3. The largest absolute Gasteiger partial charge is 0.465 e. The Morgan fingerprint density at radius 2 is 1.74 bits per heavy atom. The van der Waals surface area contributed by atoms with E-state index >= 15 is 0 Å². The summed E-state index contributed by atoms with van der Waals surface area (Å²) in [5.41, 5.74) is 0.730. The fourth-order valence-corrected chi connectivity index (χ4v) is 1.40. The first-order valence-corrected chi connectivity index (χ1v) is 5.78. The highest BCUT2D eigenvalue weighted by molar-refractivity contribution is 5.97. The number of rotatable bonds is 6. The van der Waals surface area contributed by atoms with E-state index in [9.17, 15) is 9.59 Å². The van der Waals surface area contributed by atoms with Gasteiger partial charge in [0.15, 0.2) is 0 Å². The number of aliphatic hydroxyl groups excluding tert-OH is 1. The topological polar surface area (TPSA) is 98.7 Å². The van der Waals surface area contributed by atoms with Crippen molar-refractivity contribution in [2.45, 2.75) is 12.8 Å². The van der Waals surface area contributed by atoms with Gasteiger partial charge >= 0.3 is 6.09 Å². The number of para-hydroxylation sites is 2. The molecule has 2 amide bonds. The maximum atomic E-state index is 11.6. The second-order valence-corrected chi connectivity index (χ2v) is 3.71. The monoisotopic (exact) mass is 264 g/mol. The minimum absolute atomic E-state index is 0.0451. The van der Waals surface area contributed by atoms with Gasteiger partial charge < -0.3 is 15.5 Å². The molecule has 102 valence electrons. The van der Waals surface area contributed by atoms with Gasteiger partial charge in [0.1, 0.15) is 0 Å². The summed E-state index contributed by atoms with van der Waals surface area (Å²) >= 11 is 0. The van der Waals surface area contributed by atoms with Gasteiger partial charge in [-0.15, -0.1) is 0 Å². The van der Waals surface area contributed by atoms with Crippen molar-refractivity contribution < 1.29 is 19.8 Å². The molecule has 1 aromatic carbocycles.